The van der Waals surface area contributed by atoms with E-state index in [4.69, 9.17) is 9.47 Å². The average Bonchev–Trinajstić information content (AvgIpc) is 2.73. The van der Waals surface area contributed by atoms with E-state index in [1.807, 2.05) is 24.3 Å². The molecule has 0 aliphatic carbocycles. The molecule has 6 heteroatoms. The van der Waals surface area contributed by atoms with Gasteiger partial charge in [0.1, 0.15) is 5.82 Å². The van der Waals surface area contributed by atoms with E-state index in [2.05, 4.69) is 59.6 Å². The van der Waals surface area contributed by atoms with E-state index in [0.717, 1.165) is 17.1 Å². The van der Waals surface area contributed by atoms with Gasteiger partial charge in [0, 0.05) is 18.4 Å². The molecule has 3 aromatic rings. The number of methoxy groups -OCH3 is 2. The Kier molecular flexibility index (Phi) is 6.54. The predicted molar refractivity (Wildman–Crippen MR) is 117 cm³/mol. The van der Waals surface area contributed by atoms with Crippen LogP contribution in [0.1, 0.15) is 36.5 Å². The molecule has 0 saturated heterocycles. The fourth-order valence-corrected chi connectivity index (χ4v) is 3.15. The molecule has 0 aliphatic heterocycles. The fourth-order valence-electron chi connectivity index (χ4n) is 3.15. The fraction of sp³-hybridized carbons (Fsp3) is 0.304. The summed E-state index contributed by atoms with van der Waals surface area (Å²) in [5.41, 5.74) is 4.55. The molecule has 1 aromatic heterocycles. The van der Waals surface area contributed by atoms with Crippen molar-refractivity contribution in [2.24, 2.45) is 0 Å². The second-order valence-corrected chi connectivity index (χ2v) is 7.13. The summed E-state index contributed by atoms with van der Waals surface area (Å²) in [6.45, 7) is 7.07. The topological polar surface area (TPSA) is 68.3 Å². The molecule has 152 valence electrons. The molecular formula is C23H28N4O2. The summed E-state index contributed by atoms with van der Waals surface area (Å²) in [5.74, 6) is 3.14. The normalized spacial score (nSPS) is 10.7. The summed E-state index contributed by atoms with van der Waals surface area (Å²) < 4.78 is 10.7. The molecule has 0 amide bonds. The van der Waals surface area contributed by atoms with Crippen LogP contribution in [-0.2, 0) is 6.54 Å². The van der Waals surface area contributed by atoms with Crippen LogP contribution in [0.25, 0.3) is 0 Å². The minimum Gasteiger partial charge on any atom is -0.493 e. The largest absolute Gasteiger partial charge is 0.493 e. The molecule has 1 heterocycles. The van der Waals surface area contributed by atoms with Crippen molar-refractivity contribution >= 4 is 17.5 Å². The molecule has 29 heavy (non-hydrogen) atoms. The molecule has 0 bridgehead atoms. The number of hydrogen-bond donors (Lipinski definition) is 2. The third-order valence-electron chi connectivity index (χ3n) is 4.74. The van der Waals surface area contributed by atoms with Crippen LogP contribution in [-0.4, -0.2) is 24.2 Å². The summed E-state index contributed by atoms with van der Waals surface area (Å²) in [7, 11) is 3.26. The third-order valence-corrected chi connectivity index (χ3v) is 4.74. The number of hydrogen-bond acceptors (Lipinski definition) is 6. The highest BCUT2D eigenvalue weighted by Crippen LogP contribution is 2.30. The molecule has 6 nitrogen and oxygen atoms in total. The Morgan fingerprint density at radius 2 is 1.79 bits per heavy atom. The zero-order chi connectivity index (χ0) is 20.8. The van der Waals surface area contributed by atoms with Crippen LogP contribution in [0.4, 0.5) is 17.5 Å². The highest BCUT2D eigenvalue weighted by molar-refractivity contribution is 5.64. The minimum atomic E-state index is 0.406. The molecule has 0 atom stereocenters. The van der Waals surface area contributed by atoms with Crippen LogP contribution in [0.2, 0.25) is 0 Å². The van der Waals surface area contributed by atoms with Gasteiger partial charge in [0.2, 0.25) is 5.95 Å². The van der Waals surface area contributed by atoms with E-state index < -0.39 is 0 Å². The first-order chi connectivity index (χ1) is 14.0. The van der Waals surface area contributed by atoms with Crippen LogP contribution in [0.5, 0.6) is 11.5 Å². The molecule has 0 spiro atoms. The van der Waals surface area contributed by atoms with Crippen molar-refractivity contribution in [3.05, 3.63) is 65.4 Å². The van der Waals surface area contributed by atoms with Crippen molar-refractivity contribution in [3.63, 3.8) is 0 Å². The van der Waals surface area contributed by atoms with Gasteiger partial charge in [-0.2, -0.15) is 4.98 Å². The summed E-state index contributed by atoms with van der Waals surface area (Å²) in [4.78, 5) is 8.99. The first kappa shape index (κ1) is 20.5. The van der Waals surface area contributed by atoms with Crippen LogP contribution in [0.3, 0.4) is 0 Å². The maximum atomic E-state index is 5.37. The van der Waals surface area contributed by atoms with Crippen LogP contribution < -0.4 is 20.1 Å². The van der Waals surface area contributed by atoms with E-state index >= 15 is 0 Å². The van der Waals surface area contributed by atoms with Gasteiger partial charge in [-0.25, -0.2) is 4.98 Å². The smallest absolute Gasteiger partial charge is 0.229 e. The maximum absolute atomic E-state index is 5.37. The predicted octanol–water partition coefficient (Wildman–Crippen LogP) is 5.28. The van der Waals surface area contributed by atoms with E-state index in [1.54, 1.807) is 20.4 Å². The highest BCUT2D eigenvalue weighted by atomic mass is 16.5. The lowest BCUT2D eigenvalue weighted by molar-refractivity contribution is 0.354. The van der Waals surface area contributed by atoms with Gasteiger partial charge in [0.15, 0.2) is 11.5 Å². The quantitative estimate of drug-likeness (QED) is 0.543. The van der Waals surface area contributed by atoms with Crippen LogP contribution >= 0.6 is 0 Å². The lowest BCUT2D eigenvalue weighted by Gasteiger charge is -2.16. The number of ether oxygens (including phenoxy) is 2. The monoisotopic (exact) mass is 392 g/mol. The number of para-hydroxylation sites is 1. The van der Waals surface area contributed by atoms with Gasteiger partial charge in [-0.3, -0.25) is 0 Å². The van der Waals surface area contributed by atoms with Crippen LogP contribution in [0.15, 0.2) is 48.7 Å². The van der Waals surface area contributed by atoms with Gasteiger partial charge < -0.3 is 20.1 Å². The number of aromatic nitrogens is 2. The van der Waals surface area contributed by atoms with Gasteiger partial charge in [-0.05, 0) is 47.7 Å². The molecule has 3 rings (SSSR count). The lowest BCUT2D eigenvalue weighted by Crippen LogP contribution is -2.06. The van der Waals surface area contributed by atoms with Gasteiger partial charge in [0.05, 0.1) is 14.2 Å². The second-order valence-electron chi connectivity index (χ2n) is 7.13. The Balaban J connectivity index is 1.74. The SMILES string of the molecule is COc1ccc(CNc2ccnc(Nc3c(C)cccc3C(C)C)n2)cc1OC. The van der Waals surface area contributed by atoms with Crippen molar-refractivity contribution in [2.75, 3.05) is 24.9 Å². The first-order valence-corrected chi connectivity index (χ1v) is 9.66. The Morgan fingerprint density at radius 1 is 1.00 bits per heavy atom. The lowest BCUT2D eigenvalue weighted by atomic mass is 9.98. The average molecular weight is 393 g/mol. The van der Waals surface area contributed by atoms with Crippen molar-refractivity contribution in [2.45, 2.75) is 33.2 Å². The molecule has 2 aromatic carbocycles. The summed E-state index contributed by atoms with van der Waals surface area (Å²) >= 11 is 0. The van der Waals surface area contributed by atoms with Gasteiger partial charge >= 0.3 is 0 Å². The number of nitrogens with zero attached hydrogens (tertiary/aromatic N) is 2. The highest BCUT2D eigenvalue weighted by Gasteiger charge is 2.11. The Morgan fingerprint density at radius 3 is 2.52 bits per heavy atom. The molecule has 0 saturated carbocycles. The van der Waals surface area contributed by atoms with Crippen molar-refractivity contribution < 1.29 is 9.47 Å². The molecule has 2 N–H and O–H groups in total. The van der Waals surface area contributed by atoms with Crippen molar-refractivity contribution in [3.8, 4) is 11.5 Å². The van der Waals surface area contributed by atoms with E-state index in [9.17, 15) is 0 Å². The summed E-state index contributed by atoms with van der Waals surface area (Å²) in [6.07, 6.45) is 1.75. The number of aryl methyl sites for hydroxylation is 1. The molecule has 0 fully saturated rings. The van der Waals surface area contributed by atoms with E-state index in [1.165, 1.54) is 11.1 Å². The first-order valence-electron chi connectivity index (χ1n) is 9.66. The number of anilines is 3. The number of benzene rings is 2. The zero-order valence-electron chi connectivity index (χ0n) is 17.6. The molecule has 0 unspecified atom stereocenters. The van der Waals surface area contributed by atoms with Gasteiger partial charge in [-0.1, -0.05) is 38.1 Å². The standard InChI is InChI=1S/C23H28N4O2/c1-15(2)18-8-6-7-16(3)22(18)27-23-24-12-11-21(26-23)25-14-17-9-10-19(28-4)20(13-17)29-5/h6-13,15H,14H2,1-5H3,(H2,24,25,26,27). The number of rotatable bonds is 8. The van der Waals surface area contributed by atoms with Crippen molar-refractivity contribution in [1.82, 2.24) is 9.97 Å². The summed E-state index contributed by atoms with van der Waals surface area (Å²) in [6, 6.07) is 14.0. The molecule has 0 radical (unpaired) electrons. The van der Waals surface area contributed by atoms with Crippen molar-refractivity contribution in [1.29, 1.82) is 0 Å². The van der Waals surface area contributed by atoms with Gasteiger partial charge in [0.25, 0.3) is 0 Å². The van der Waals surface area contributed by atoms with Crippen LogP contribution in [0, 0.1) is 6.92 Å². The maximum Gasteiger partial charge on any atom is 0.229 e. The molecular weight excluding hydrogens is 364 g/mol. The summed E-state index contributed by atoms with van der Waals surface area (Å²) in [5, 5.41) is 6.74. The minimum absolute atomic E-state index is 0.406. The zero-order valence-corrected chi connectivity index (χ0v) is 17.6. The number of nitrogens with one attached hydrogen (secondary N) is 2. The second kappa shape index (κ2) is 9.28. The molecule has 0 aliphatic rings. The van der Waals surface area contributed by atoms with E-state index in [-0.39, 0.29) is 0 Å². The Bertz CT molecular complexity index is 973. The van der Waals surface area contributed by atoms with Gasteiger partial charge in [-0.15, -0.1) is 0 Å². The van der Waals surface area contributed by atoms with E-state index in [0.29, 0.717) is 29.9 Å². The Hall–Kier alpha value is -3.28. The Labute approximate surface area is 172 Å². The third kappa shape index (κ3) is 4.96.